The standard InChI is InChI=1S/C28H28N4/c1-3-18-32(4-2)22-16-14-21(15-17-22)27-26(20-10-6-5-7-11-20)30-28(31-27)24-19-29-25-13-9-8-12-23(24)25/h5-17,19,29H,3-4,18H2,1-2H3,(H,30,31). The number of aromatic nitrogens is 3. The van der Waals surface area contributed by atoms with Crippen LogP contribution in [0.3, 0.4) is 0 Å². The number of aromatic amines is 2. The first-order valence-electron chi connectivity index (χ1n) is 11.4. The van der Waals surface area contributed by atoms with Crippen LogP contribution in [0, 0.1) is 0 Å². The number of benzene rings is 3. The lowest BCUT2D eigenvalue weighted by atomic mass is 10.0. The van der Waals surface area contributed by atoms with Crippen molar-refractivity contribution in [3.8, 4) is 33.9 Å². The van der Waals surface area contributed by atoms with Gasteiger partial charge in [-0.15, -0.1) is 0 Å². The van der Waals surface area contributed by atoms with Crippen molar-refractivity contribution in [1.82, 2.24) is 15.0 Å². The number of H-pyrrole nitrogens is 2. The van der Waals surface area contributed by atoms with E-state index in [2.05, 4.69) is 95.4 Å². The summed E-state index contributed by atoms with van der Waals surface area (Å²) in [6.45, 7) is 6.51. The quantitative estimate of drug-likeness (QED) is 0.294. The lowest BCUT2D eigenvalue weighted by Crippen LogP contribution is -2.23. The molecule has 0 bridgehead atoms. The van der Waals surface area contributed by atoms with Gasteiger partial charge in [-0.05, 0) is 31.5 Å². The van der Waals surface area contributed by atoms with E-state index in [9.17, 15) is 0 Å². The van der Waals surface area contributed by atoms with Crippen LogP contribution in [0.15, 0.2) is 85.1 Å². The van der Waals surface area contributed by atoms with Gasteiger partial charge in [0.1, 0.15) is 5.82 Å². The van der Waals surface area contributed by atoms with Crippen molar-refractivity contribution in [2.75, 3.05) is 18.0 Å². The van der Waals surface area contributed by atoms with Gasteiger partial charge < -0.3 is 14.9 Å². The number of imidazole rings is 1. The van der Waals surface area contributed by atoms with Crippen LogP contribution in [0.25, 0.3) is 44.8 Å². The zero-order valence-electron chi connectivity index (χ0n) is 18.6. The predicted octanol–water partition coefficient (Wildman–Crippen LogP) is 7.13. The van der Waals surface area contributed by atoms with Gasteiger partial charge in [-0.1, -0.05) is 67.6 Å². The molecule has 0 unspecified atom stereocenters. The van der Waals surface area contributed by atoms with E-state index >= 15 is 0 Å². The molecule has 0 amide bonds. The van der Waals surface area contributed by atoms with Gasteiger partial charge in [0.05, 0.1) is 11.4 Å². The molecular formula is C28H28N4. The third-order valence-electron chi connectivity index (χ3n) is 5.99. The molecule has 2 aromatic heterocycles. The van der Waals surface area contributed by atoms with Crippen molar-refractivity contribution in [3.05, 3.63) is 85.1 Å². The Bertz CT molecular complexity index is 1310. The monoisotopic (exact) mass is 420 g/mol. The summed E-state index contributed by atoms with van der Waals surface area (Å²) in [5.74, 6) is 0.876. The highest BCUT2D eigenvalue weighted by Crippen LogP contribution is 2.35. The van der Waals surface area contributed by atoms with Crippen molar-refractivity contribution in [3.63, 3.8) is 0 Å². The highest BCUT2D eigenvalue weighted by atomic mass is 15.1. The van der Waals surface area contributed by atoms with E-state index in [0.717, 1.165) is 58.9 Å². The van der Waals surface area contributed by atoms with Crippen molar-refractivity contribution in [2.45, 2.75) is 20.3 Å². The Morgan fingerprint density at radius 3 is 2.31 bits per heavy atom. The largest absolute Gasteiger partial charge is 0.372 e. The van der Waals surface area contributed by atoms with Crippen molar-refractivity contribution in [1.29, 1.82) is 0 Å². The van der Waals surface area contributed by atoms with Gasteiger partial charge in [-0.2, -0.15) is 0 Å². The third-order valence-corrected chi connectivity index (χ3v) is 5.99. The molecule has 5 aromatic rings. The minimum Gasteiger partial charge on any atom is -0.372 e. The summed E-state index contributed by atoms with van der Waals surface area (Å²) in [6, 6.07) is 27.6. The highest BCUT2D eigenvalue weighted by molar-refractivity contribution is 5.95. The maximum absolute atomic E-state index is 5.07. The summed E-state index contributed by atoms with van der Waals surface area (Å²) in [6.07, 6.45) is 3.18. The number of fused-ring (bicyclic) bond motifs is 1. The van der Waals surface area contributed by atoms with Crippen LogP contribution in [0.2, 0.25) is 0 Å². The first-order chi connectivity index (χ1) is 15.8. The maximum Gasteiger partial charge on any atom is 0.140 e. The minimum absolute atomic E-state index is 0.876. The average molecular weight is 421 g/mol. The van der Waals surface area contributed by atoms with Gasteiger partial charge in [0.2, 0.25) is 0 Å². The smallest absolute Gasteiger partial charge is 0.140 e. The van der Waals surface area contributed by atoms with E-state index < -0.39 is 0 Å². The lowest BCUT2D eigenvalue weighted by Gasteiger charge is -2.22. The van der Waals surface area contributed by atoms with Crippen LogP contribution < -0.4 is 4.90 Å². The zero-order valence-corrected chi connectivity index (χ0v) is 18.6. The molecule has 32 heavy (non-hydrogen) atoms. The van der Waals surface area contributed by atoms with Gasteiger partial charge in [0.25, 0.3) is 0 Å². The second-order valence-electron chi connectivity index (χ2n) is 8.05. The Balaban J connectivity index is 1.61. The number of nitrogens with one attached hydrogen (secondary N) is 2. The minimum atomic E-state index is 0.876. The summed E-state index contributed by atoms with van der Waals surface area (Å²) in [4.78, 5) is 14.5. The lowest BCUT2D eigenvalue weighted by molar-refractivity contribution is 0.792. The van der Waals surface area contributed by atoms with E-state index in [4.69, 9.17) is 4.98 Å². The molecule has 4 nitrogen and oxygen atoms in total. The molecule has 4 heteroatoms. The maximum atomic E-state index is 5.07. The van der Waals surface area contributed by atoms with E-state index in [1.54, 1.807) is 0 Å². The molecule has 0 saturated heterocycles. The summed E-state index contributed by atoms with van der Waals surface area (Å²) in [5, 5.41) is 1.17. The van der Waals surface area contributed by atoms with E-state index in [-0.39, 0.29) is 0 Å². The zero-order chi connectivity index (χ0) is 21.9. The number of para-hydroxylation sites is 1. The molecule has 2 heterocycles. The van der Waals surface area contributed by atoms with E-state index in [1.807, 2.05) is 18.3 Å². The number of hydrogen-bond donors (Lipinski definition) is 2. The number of hydrogen-bond acceptors (Lipinski definition) is 2. The average Bonchev–Trinajstić information content (AvgIpc) is 3.48. The molecule has 3 aromatic carbocycles. The summed E-state index contributed by atoms with van der Waals surface area (Å²) >= 11 is 0. The van der Waals surface area contributed by atoms with Gasteiger partial charge in [0.15, 0.2) is 0 Å². The molecule has 0 aliphatic rings. The van der Waals surface area contributed by atoms with E-state index in [1.165, 1.54) is 11.1 Å². The van der Waals surface area contributed by atoms with E-state index in [0.29, 0.717) is 0 Å². The van der Waals surface area contributed by atoms with Gasteiger partial charge in [-0.25, -0.2) is 4.98 Å². The van der Waals surface area contributed by atoms with Crippen LogP contribution in [0.4, 0.5) is 5.69 Å². The van der Waals surface area contributed by atoms with Crippen LogP contribution >= 0.6 is 0 Å². The Kier molecular flexibility index (Phi) is 5.51. The fourth-order valence-electron chi connectivity index (χ4n) is 4.36. The Labute approximate surface area is 189 Å². The molecule has 0 saturated carbocycles. The number of rotatable bonds is 7. The van der Waals surface area contributed by atoms with Crippen molar-refractivity contribution in [2.24, 2.45) is 0 Å². The SMILES string of the molecule is CCCN(CC)c1ccc(-c2[nH]c(-c3c[nH]c4ccccc34)nc2-c2ccccc2)cc1. The predicted molar refractivity (Wildman–Crippen MR) is 135 cm³/mol. The Hall–Kier alpha value is -3.79. The molecule has 0 aliphatic heterocycles. The molecule has 0 radical (unpaired) electrons. The highest BCUT2D eigenvalue weighted by Gasteiger charge is 2.17. The fourth-order valence-corrected chi connectivity index (χ4v) is 4.36. The number of anilines is 1. The van der Waals surface area contributed by atoms with Crippen LogP contribution in [-0.4, -0.2) is 28.0 Å². The molecule has 0 fully saturated rings. The third kappa shape index (κ3) is 3.69. The first-order valence-corrected chi connectivity index (χ1v) is 11.4. The molecule has 0 atom stereocenters. The van der Waals surface area contributed by atoms with Crippen molar-refractivity contribution < 1.29 is 0 Å². The topological polar surface area (TPSA) is 47.7 Å². The van der Waals surface area contributed by atoms with Crippen LogP contribution in [0.5, 0.6) is 0 Å². The Morgan fingerprint density at radius 2 is 1.56 bits per heavy atom. The Morgan fingerprint density at radius 1 is 0.812 bits per heavy atom. The molecule has 2 N–H and O–H groups in total. The second-order valence-corrected chi connectivity index (χ2v) is 8.05. The number of nitrogens with zero attached hydrogens (tertiary/aromatic N) is 2. The molecule has 0 aliphatic carbocycles. The van der Waals surface area contributed by atoms with Crippen LogP contribution in [0.1, 0.15) is 20.3 Å². The summed E-state index contributed by atoms with van der Waals surface area (Å²) < 4.78 is 0. The molecule has 0 spiro atoms. The van der Waals surface area contributed by atoms with Crippen LogP contribution in [-0.2, 0) is 0 Å². The normalized spacial score (nSPS) is 11.2. The fraction of sp³-hybridized carbons (Fsp3) is 0.179. The summed E-state index contributed by atoms with van der Waals surface area (Å²) in [7, 11) is 0. The molecule has 5 rings (SSSR count). The molecular weight excluding hydrogens is 392 g/mol. The van der Waals surface area contributed by atoms with Gasteiger partial charge in [-0.3, -0.25) is 0 Å². The van der Waals surface area contributed by atoms with Gasteiger partial charge >= 0.3 is 0 Å². The van der Waals surface area contributed by atoms with Gasteiger partial charge in [0, 0.05) is 52.6 Å². The molecule has 160 valence electrons. The first kappa shape index (κ1) is 20.1. The second kappa shape index (κ2) is 8.75. The summed E-state index contributed by atoms with van der Waals surface area (Å²) in [5.41, 5.74) is 7.72. The van der Waals surface area contributed by atoms with Crippen molar-refractivity contribution >= 4 is 16.6 Å².